The van der Waals surface area contributed by atoms with Gasteiger partial charge >= 0.3 is 0 Å². The average Bonchev–Trinajstić information content (AvgIpc) is 2.67. The first-order valence-corrected chi connectivity index (χ1v) is 9.12. The van der Waals surface area contributed by atoms with Gasteiger partial charge in [0.1, 0.15) is 18.2 Å². The fourth-order valence-corrected chi connectivity index (χ4v) is 2.91. The molecule has 0 aliphatic rings. The van der Waals surface area contributed by atoms with Crippen molar-refractivity contribution < 1.29 is 14.2 Å². The fourth-order valence-electron chi connectivity index (χ4n) is 2.91. The Morgan fingerprint density at radius 2 is 1.96 bits per heavy atom. The van der Waals surface area contributed by atoms with Gasteiger partial charge in [0, 0.05) is 25.3 Å². The molecule has 0 radical (unpaired) electrons. The smallest absolute Gasteiger partial charge is 0.126 e. The number of likely N-dealkylation sites (N-methyl/N-ethyl adjacent to an activating group) is 1. The number of aliphatic hydroxyl groups excluding tert-OH is 1. The maximum absolute atomic E-state index is 13.6. The number of hydrogen-bond acceptors (Lipinski definition) is 3. The molecule has 0 aromatic heterocycles. The van der Waals surface area contributed by atoms with Crippen molar-refractivity contribution >= 4 is 5.69 Å². The van der Waals surface area contributed by atoms with Crippen LogP contribution in [0.5, 0.6) is 0 Å². The molecule has 0 saturated carbocycles. The minimum absolute atomic E-state index is 0.00991. The van der Waals surface area contributed by atoms with Gasteiger partial charge in [0.15, 0.2) is 0 Å². The maximum atomic E-state index is 13.6. The Morgan fingerprint density at radius 3 is 2.56 bits per heavy atom. The third-order valence-electron chi connectivity index (χ3n) is 4.58. The molecule has 1 N–H and O–H groups in total. The average molecular weight is 369 g/mol. The van der Waals surface area contributed by atoms with E-state index in [0.29, 0.717) is 18.6 Å². The van der Waals surface area contributed by atoms with E-state index >= 15 is 0 Å². The molecule has 0 aliphatic heterocycles. The van der Waals surface area contributed by atoms with Crippen molar-refractivity contribution in [2.45, 2.75) is 26.9 Å². The Bertz CT molecular complexity index is 786. The Kier molecular flexibility index (Phi) is 7.62. The highest BCUT2D eigenvalue weighted by molar-refractivity contribution is 5.55. The summed E-state index contributed by atoms with van der Waals surface area (Å²) >= 11 is 0. The lowest BCUT2D eigenvalue weighted by molar-refractivity contribution is 0.151. The minimum Gasteiger partial charge on any atom is -0.491 e. The molecule has 3 nitrogen and oxygen atoms in total. The molecule has 0 bridgehead atoms. The van der Waals surface area contributed by atoms with Crippen LogP contribution in [-0.2, 0) is 11.3 Å². The number of nitrogens with zero attached hydrogens (tertiary/aromatic N) is 1. The number of rotatable bonds is 9. The number of anilines is 1. The number of hydrogen-bond donors (Lipinski definition) is 1. The number of benzene rings is 2. The Morgan fingerprint density at radius 1 is 1.26 bits per heavy atom. The summed E-state index contributed by atoms with van der Waals surface area (Å²) in [5.74, 6) is 0.536. The van der Waals surface area contributed by atoms with Gasteiger partial charge in [-0.1, -0.05) is 43.8 Å². The monoisotopic (exact) mass is 369 g/mol. The highest BCUT2D eigenvalue weighted by atomic mass is 19.1. The normalized spacial score (nSPS) is 12.9. The number of halogens is 1. The van der Waals surface area contributed by atoms with E-state index < -0.39 is 0 Å². The van der Waals surface area contributed by atoms with Crippen LogP contribution in [0.4, 0.5) is 10.1 Å². The first-order chi connectivity index (χ1) is 13.0. The van der Waals surface area contributed by atoms with Crippen LogP contribution in [0, 0.1) is 18.7 Å². The predicted molar refractivity (Wildman–Crippen MR) is 109 cm³/mol. The molecule has 2 aromatic carbocycles. The largest absolute Gasteiger partial charge is 0.491 e. The summed E-state index contributed by atoms with van der Waals surface area (Å²) in [5.41, 5.74) is 3.30. The van der Waals surface area contributed by atoms with Gasteiger partial charge in [-0.25, -0.2) is 4.39 Å². The predicted octanol–water partition coefficient (Wildman–Crippen LogP) is 5.20. The van der Waals surface area contributed by atoms with Crippen molar-refractivity contribution in [3.05, 3.63) is 89.6 Å². The highest BCUT2D eigenvalue weighted by Crippen LogP contribution is 2.28. The molecule has 1 atom stereocenters. The van der Waals surface area contributed by atoms with E-state index in [-0.39, 0.29) is 18.3 Å². The summed E-state index contributed by atoms with van der Waals surface area (Å²) in [6, 6.07) is 14.9. The second-order valence-electron chi connectivity index (χ2n) is 6.63. The summed E-state index contributed by atoms with van der Waals surface area (Å²) < 4.78 is 19.8. The van der Waals surface area contributed by atoms with E-state index in [9.17, 15) is 9.50 Å². The van der Waals surface area contributed by atoms with E-state index in [1.807, 2.05) is 49.2 Å². The Hall–Kier alpha value is -2.59. The maximum Gasteiger partial charge on any atom is 0.126 e. The van der Waals surface area contributed by atoms with Crippen LogP contribution in [0.25, 0.3) is 0 Å². The first-order valence-electron chi connectivity index (χ1n) is 9.12. The molecule has 0 amide bonds. The lowest BCUT2D eigenvalue weighted by atomic mass is 10.0. The number of allylic oxidation sites excluding steroid dienone is 2. The molecule has 0 aliphatic carbocycles. The van der Waals surface area contributed by atoms with Crippen molar-refractivity contribution in [2.24, 2.45) is 5.92 Å². The fraction of sp³-hybridized carbons (Fsp3) is 0.304. The molecule has 1 unspecified atom stereocenters. The van der Waals surface area contributed by atoms with Gasteiger partial charge in [0.25, 0.3) is 0 Å². The summed E-state index contributed by atoms with van der Waals surface area (Å²) in [6.07, 6.45) is 2.32. The number of ether oxygens (including phenoxy) is 1. The molecule has 2 rings (SSSR count). The molecule has 4 heteroatoms. The lowest BCUT2D eigenvalue weighted by Gasteiger charge is -2.27. The quantitative estimate of drug-likeness (QED) is 0.487. The van der Waals surface area contributed by atoms with Crippen LogP contribution < -0.4 is 4.90 Å². The highest BCUT2D eigenvalue weighted by Gasteiger charge is 2.19. The van der Waals surface area contributed by atoms with Gasteiger partial charge in [0.2, 0.25) is 0 Å². The van der Waals surface area contributed by atoms with Gasteiger partial charge in [-0.15, -0.1) is 0 Å². The lowest BCUT2D eigenvalue weighted by Crippen LogP contribution is -2.21. The molecular weight excluding hydrogens is 341 g/mol. The standard InChI is InChI=1S/C23H28FNO2/c1-5-22(25(4)20-11-12-21(24)18(3)15-20)23(17(2)13-14-26)27-16-19-9-7-6-8-10-19/h5-12,15,17,26H,1,13-14,16H2,2-4H3/b23-22+. The summed E-state index contributed by atoms with van der Waals surface area (Å²) in [7, 11) is 1.90. The molecular formula is C23H28FNO2. The molecule has 27 heavy (non-hydrogen) atoms. The van der Waals surface area contributed by atoms with Gasteiger partial charge < -0.3 is 14.7 Å². The molecule has 0 fully saturated rings. The zero-order valence-corrected chi connectivity index (χ0v) is 16.3. The first kappa shape index (κ1) is 20.7. The van der Waals surface area contributed by atoms with Crippen LogP contribution in [0.1, 0.15) is 24.5 Å². The van der Waals surface area contributed by atoms with E-state index in [4.69, 9.17) is 4.74 Å². The summed E-state index contributed by atoms with van der Waals surface area (Å²) in [5, 5.41) is 9.39. The van der Waals surface area contributed by atoms with Crippen molar-refractivity contribution in [1.82, 2.24) is 0 Å². The second kappa shape index (κ2) is 9.93. The van der Waals surface area contributed by atoms with Crippen molar-refractivity contribution in [1.29, 1.82) is 0 Å². The molecule has 2 aromatic rings. The summed E-state index contributed by atoms with van der Waals surface area (Å²) in [4.78, 5) is 1.94. The van der Waals surface area contributed by atoms with E-state index in [1.54, 1.807) is 25.1 Å². The molecule has 0 spiro atoms. The van der Waals surface area contributed by atoms with Crippen molar-refractivity contribution in [3.63, 3.8) is 0 Å². The van der Waals surface area contributed by atoms with Gasteiger partial charge in [-0.05, 0) is 48.7 Å². The third kappa shape index (κ3) is 5.44. The van der Waals surface area contributed by atoms with Crippen LogP contribution in [-0.4, -0.2) is 18.8 Å². The molecule has 0 saturated heterocycles. The number of aliphatic hydroxyl groups is 1. The van der Waals surface area contributed by atoms with Crippen LogP contribution >= 0.6 is 0 Å². The minimum atomic E-state index is -0.231. The van der Waals surface area contributed by atoms with Gasteiger partial charge in [-0.3, -0.25) is 0 Å². The van der Waals surface area contributed by atoms with E-state index in [0.717, 1.165) is 22.7 Å². The van der Waals surface area contributed by atoms with Gasteiger partial charge in [-0.2, -0.15) is 0 Å². The van der Waals surface area contributed by atoms with E-state index in [2.05, 4.69) is 6.58 Å². The van der Waals surface area contributed by atoms with E-state index in [1.165, 1.54) is 6.07 Å². The Labute approximate surface area is 161 Å². The SMILES string of the molecule is C=C/C(=C(\OCc1ccccc1)C(C)CCO)N(C)c1ccc(F)c(C)c1. The summed E-state index contributed by atoms with van der Waals surface area (Å²) in [6.45, 7) is 8.21. The number of aryl methyl sites for hydroxylation is 1. The zero-order chi connectivity index (χ0) is 19.8. The van der Waals surface area contributed by atoms with Crippen molar-refractivity contribution in [2.75, 3.05) is 18.6 Å². The van der Waals surface area contributed by atoms with Gasteiger partial charge in [0.05, 0.1) is 5.70 Å². The van der Waals surface area contributed by atoms with Crippen LogP contribution in [0.15, 0.2) is 72.6 Å². The zero-order valence-electron chi connectivity index (χ0n) is 16.3. The van der Waals surface area contributed by atoms with Crippen molar-refractivity contribution in [3.8, 4) is 0 Å². The van der Waals surface area contributed by atoms with Crippen LogP contribution in [0.3, 0.4) is 0 Å². The third-order valence-corrected chi connectivity index (χ3v) is 4.58. The second-order valence-corrected chi connectivity index (χ2v) is 6.63. The Balaban J connectivity index is 2.37. The van der Waals surface area contributed by atoms with Crippen LogP contribution in [0.2, 0.25) is 0 Å². The topological polar surface area (TPSA) is 32.7 Å². The molecule has 144 valence electrons. The molecule has 0 heterocycles.